The van der Waals surface area contributed by atoms with Crippen molar-refractivity contribution in [3.63, 3.8) is 0 Å². The molecular weight excluding hydrogens is 305 g/mol. The number of anilines is 1. The number of amides is 1. The largest absolute Gasteiger partial charge is 0.406 e. The number of aromatic nitrogens is 1. The van der Waals surface area contributed by atoms with Gasteiger partial charge in [0.1, 0.15) is 24.6 Å². The number of hydrogen-bond donors (Lipinski definition) is 0. The first kappa shape index (κ1) is 16.0. The van der Waals surface area contributed by atoms with Crippen LogP contribution < -0.4 is 4.90 Å². The van der Waals surface area contributed by atoms with Crippen LogP contribution in [0, 0.1) is 10.1 Å². The molecule has 1 aliphatic heterocycles. The number of carbonyl (C=O) groups excluding carboxylic acids is 1. The van der Waals surface area contributed by atoms with Crippen molar-refractivity contribution < 1.29 is 22.9 Å². The molecule has 0 unspecified atom stereocenters. The molecule has 0 aromatic carbocycles. The SMILES string of the molecule is CN(c1ccc([N+](=O)[O-])cn1)[C@@H]1CCN(CC(F)(F)F)C1=O. The number of alkyl halides is 3. The van der Waals surface area contributed by atoms with Crippen LogP contribution in [0.3, 0.4) is 0 Å². The molecular formula is C12H13F3N4O3. The lowest BCUT2D eigenvalue weighted by atomic mass is 10.2. The molecule has 0 saturated carbocycles. The summed E-state index contributed by atoms with van der Waals surface area (Å²) in [4.78, 5) is 28.0. The van der Waals surface area contributed by atoms with E-state index in [0.29, 0.717) is 0 Å². The molecule has 1 amide bonds. The topological polar surface area (TPSA) is 79.6 Å². The maximum Gasteiger partial charge on any atom is 0.406 e. The minimum absolute atomic E-state index is 0.0142. The highest BCUT2D eigenvalue weighted by molar-refractivity contribution is 5.87. The maximum atomic E-state index is 12.4. The lowest BCUT2D eigenvalue weighted by Gasteiger charge is -2.25. The summed E-state index contributed by atoms with van der Waals surface area (Å²) in [6.07, 6.45) is -3.16. The molecule has 1 aromatic rings. The Morgan fingerprint density at radius 3 is 2.68 bits per heavy atom. The fraction of sp³-hybridized carbons (Fsp3) is 0.500. The summed E-state index contributed by atoms with van der Waals surface area (Å²) < 4.78 is 37.1. The molecule has 0 spiro atoms. The summed E-state index contributed by atoms with van der Waals surface area (Å²) in [6, 6.07) is 1.83. The van der Waals surface area contributed by atoms with E-state index in [1.54, 1.807) is 0 Å². The highest BCUT2D eigenvalue weighted by Gasteiger charge is 2.41. The van der Waals surface area contributed by atoms with Gasteiger partial charge in [-0.2, -0.15) is 13.2 Å². The van der Waals surface area contributed by atoms with Crippen molar-refractivity contribution in [2.24, 2.45) is 0 Å². The quantitative estimate of drug-likeness (QED) is 0.622. The molecule has 22 heavy (non-hydrogen) atoms. The van der Waals surface area contributed by atoms with E-state index in [1.165, 1.54) is 24.1 Å². The van der Waals surface area contributed by atoms with Gasteiger partial charge >= 0.3 is 6.18 Å². The normalized spacial score (nSPS) is 18.6. The molecule has 1 aromatic heterocycles. The maximum absolute atomic E-state index is 12.4. The Hall–Kier alpha value is -2.39. The van der Waals surface area contributed by atoms with Crippen LogP contribution in [-0.4, -0.2) is 53.1 Å². The van der Waals surface area contributed by atoms with E-state index in [-0.39, 0.29) is 24.5 Å². The molecule has 2 rings (SSSR count). The average Bonchev–Trinajstić information content (AvgIpc) is 2.77. The molecule has 0 N–H and O–H groups in total. The number of nitro groups is 1. The Bertz CT molecular complexity index is 576. The number of pyridine rings is 1. The summed E-state index contributed by atoms with van der Waals surface area (Å²) in [7, 11) is 1.52. The summed E-state index contributed by atoms with van der Waals surface area (Å²) in [6.45, 7) is -1.26. The van der Waals surface area contributed by atoms with Crippen LogP contribution in [0.5, 0.6) is 0 Å². The first-order chi connectivity index (χ1) is 10.2. The third-order valence-electron chi connectivity index (χ3n) is 3.41. The van der Waals surface area contributed by atoms with Gasteiger partial charge in [-0.1, -0.05) is 0 Å². The van der Waals surface area contributed by atoms with E-state index in [4.69, 9.17) is 0 Å². The summed E-state index contributed by atoms with van der Waals surface area (Å²) in [5.74, 6) is -0.335. The van der Waals surface area contributed by atoms with Crippen molar-refractivity contribution >= 4 is 17.4 Å². The van der Waals surface area contributed by atoms with Crippen LogP contribution in [-0.2, 0) is 4.79 Å². The van der Waals surface area contributed by atoms with Crippen LogP contribution in [0.2, 0.25) is 0 Å². The van der Waals surface area contributed by atoms with Gasteiger partial charge in [0.25, 0.3) is 5.69 Å². The Labute approximate surface area is 123 Å². The van der Waals surface area contributed by atoms with Gasteiger partial charge in [-0.3, -0.25) is 14.9 Å². The van der Waals surface area contributed by atoms with Crippen LogP contribution >= 0.6 is 0 Å². The van der Waals surface area contributed by atoms with E-state index in [1.807, 2.05) is 0 Å². The predicted octanol–water partition coefficient (Wildman–Crippen LogP) is 1.59. The lowest BCUT2D eigenvalue weighted by molar-refractivity contribution is -0.385. The van der Waals surface area contributed by atoms with Gasteiger partial charge in [-0.15, -0.1) is 0 Å². The van der Waals surface area contributed by atoms with Gasteiger partial charge in [-0.05, 0) is 12.5 Å². The minimum atomic E-state index is -4.44. The molecule has 1 saturated heterocycles. The Morgan fingerprint density at radius 2 is 2.18 bits per heavy atom. The van der Waals surface area contributed by atoms with Gasteiger partial charge in [0.2, 0.25) is 5.91 Å². The molecule has 1 atom stereocenters. The molecule has 0 radical (unpaired) electrons. The molecule has 0 aliphatic carbocycles. The molecule has 120 valence electrons. The number of rotatable bonds is 4. The Balaban J connectivity index is 2.08. The number of halogens is 3. The lowest BCUT2D eigenvalue weighted by Crippen LogP contribution is -2.42. The fourth-order valence-electron chi connectivity index (χ4n) is 2.31. The predicted molar refractivity (Wildman–Crippen MR) is 70.3 cm³/mol. The number of likely N-dealkylation sites (tertiary alicyclic amines) is 1. The summed E-state index contributed by atoms with van der Waals surface area (Å²) >= 11 is 0. The van der Waals surface area contributed by atoms with Crippen molar-refractivity contribution in [2.75, 3.05) is 25.0 Å². The van der Waals surface area contributed by atoms with E-state index in [9.17, 15) is 28.1 Å². The van der Waals surface area contributed by atoms with Gasteiger partial charge in [-0.25, -0.2) is 4.98 Å². The molecule has 2 heterocycles. The van der Waals surface area contributed by atoms with Crippen LogP contribution in [0.4, 0.5) is 24.7 Å². The van der Waals surface area contributed by atoms with E-state index < -0.39 is 29.6 Å². The zero-order valence-corrected chi connectivity index (χ0v) is 11.6. The Kier molecular flexibility index (Phi) is 4.20. The molecule has 10 heteroatoms. The average molecular weight is 318 g/mol. The van der Waals surface area contributed by atoms with E-state index in [0.717, 1.165) is 11.1 Å². The van der Waals surface area contributed by atoms with Crippen molar-refractivity contribution in [3.05, 3.63) is 28.4 Å². The zero-order chi connectivity index (χ0) is 16.5. The second kappa shape index (κ2) is 5.78. The number of nitrogens with zero attached hydrogens (tertiary/aromatic N) is 4. The smallest absolute Gasteiger partial charge is 0.348 e. The highest BCUT2D eigenvalue weighted by atomic mass is 19.4. The number of likely N-dealkylation sites (N-methyl/N-ethyl adjacent to an activating group) is 1. The Morgan fingerprint density at radius 1 is 1.50 bits per heavy atom. The van der Waals surface area contributed by atoms with E-state index in [2.05, 4.69) is 4.98 Å². The van der Waals surface area contributed by atoms with Gasteiger partial charge in [0.15, 0.2) is 0 Å². The fourth-order valence-corrected chi connectivity index (χ4v) is 2.31. The monoisotopic (exact) mass is 318 g/mol. The second-order valence-electron chi connectivity index (χ2n) is 4.92. The van der Waals surface area contributed by atoms with Gasteiger partial charge < -0.3 is 9.80 Å². The van der Waals surface area contributed by atoms with Crippen LogP contribution in [0.1, 0.15) is 6.42 Å². The molecule has 7 nitrogen and oxygen atoms in total. The second-order valence-corrected chi connectivity index (χ2v) is 4.92. The minimum Gasteiger partial charge on any atom is -0.348 e. The standard InChI is InChI=1S/C12H13F3N4O3/c1-17(10-3-2-8(6-16-10)19(21)22)9-4-5-18(11(9)20)7-12(13,14)15/h2-3,6,9H,4-5,7H2,1H3/t9-/m1/s1. The van der Waals surface area contributed by atoms with E-state index >= 15 is 0 Å². The third-order valence-corrected chi connectivity index (χ3v) is 3.41. The summed E-state index contributed by atoms with van der Waals surface area (Å²) in [5, 5.41) is 10.6. The van der Waals surface area contributed by atoms with Crippen molar-refractivity contribution in [1.29, 1.82) is 0 Å². The van der Waals surface area contributed by atoms with Gasteiger partial charge in [0.05, 0.1) is 4.92 Å². The van der Waals surface area contributed by atoms with Crippen molar-refractivity contribution in [3.8, 4) is 0 Å². The molecule has 1 aliphatic rings. The van der Waals surface area contributed by atoms with Crippen molar-refractivity contribution in [1.82, 2.24) is 9.88 Å². The molecule has 0 bridgehead atoms. The molecule has 1 fully saturated rings. The number of hydrogen-bond acceptors (Lipinski definition) is 5. The van der Waals surface area contributed by atoms with Gasteiger partial charge in [0, 0.05) is 19.7 Å². The summed E-state index contributed by atoms with van der Waals surface area (Å²) in [5.41, 5.74) is -0.200. The first-order valence-electron chi connectivity index (χ1n) is 6.38. The number of carbonyl (C=O) groups is 1. The first-order valence-corrected chi connectivity index (χ1v) is 6.38. The van der Waals surface area contributed by atoms with Crippen LogP contribution in [0.15, 0.2) is 18.3 Å². The zero-order valence-electron chi connectivity index (χ0n) is 11.6. The third kappa shape index (κ3) is 3.43. The van der Waals surface area contributed by atoms with Crippen LogP contribution in [0.25, 0.3) is 0 Å². The van der Waals surface area contributed by atoms with Crippen molar-refractivity contribution in [2.45, 2.75) is 18.6 Å². The highest BCUT2D eigenvalue weighted by Crippen LogP contribution is 2.25.